The lowest BCUT2D eigenvalue weighted by atomic mass is 10.2. The van der Waals surface area contributed by atoms with Gasteiger partial charge in [0.1, 0.15) is 6.04 Å². The van der Waals surface area contributed by atoms with Crippen LogP contribution in [-0.4, -0.2) is 12.5 Å². The van der Waals surface area contributed by atoms with E-state index >= 15 is 0 Å². The van der Waals surface area contributed by atoms with Crippen LogP contribution in [0, 0.1) is 0 Å². The second kappa shape index (κ2) is 7.12. The number of rotatable bonds is 6. The molecule has 1 aromatic carbocycles. The summed E-state index contributed by atoms with van der Waals surface area (Å²) >= 11 is 6.03. The van der Waals surface area contributed by atoms with Crippen molar-refractivity contribution in [2.45, 2.75) is 19.5 Å². The number of furan rings is 1. The summed E-state index contributed by atoms with van der Waals surface area (Å²) in [5.41, 5.74) is 0.918. The predicted octanol–water partition coefficient (Wildman–Crippen LogP) is 1.87. The molecule has 20 heavy (non-hydrogen) atoms. The van der Waals surface area contributed by atoms with E-state index < -0.39 is 0 Å². The highest BCUT2D eigenvalue weighted by atomic mass is 35.5. The number of carbonyl (C=O) groups excluding carboxylic acids is 1. The summed E-state index contributed by atoms with van der Waals surface area (Å²) < 4.78 is 5.29. The molecule has 5 heteroatoms. The molecule has 1 amide bonds. The molecule has 1 heterocycles. The summed E-state index contributed by atoms with van der Waals surface area (Å²) in [5.74, 6) is 0.840. The van der Waals surface area contributed by atoms with Crippen LogP contribution in [-0.2, 0) is 11.3 Å². The minimum Gasteiger partial charge on any atom is -0.463 e. The third-order valence-electron chi connectivity index (χ3n) is 3.08. The van der Waals surface area contributed by atoms with Gasteiger partial charge in [0.15, 0.2) is 12.3 Å². The smallest absolute Gasteiger partial charge is 0.275 e. The van der Waals surface area contributed by atoms with Gasteiger partial charge in [-0.2, -0.15) is 0 Å². The van der Waals surface area contributed by atoms with Gasteiger partial charge >= 0.3 is 0 Å². The first-order valence-electron chi connectivity index (χ1n) is 6.53. The summed E-state index contributed by atoms with van der Waals surface area (Å²) in [6, 6.07) is 11.4. The number of amides is 1. The topological polar surface area (TPSA) is 58.9 Å². The largest absolute Gasteiger partial charge is 0.463 e. The maximum atomic E-state index is 11.8. The number of carbonyl (C=O) groups is 1. The molecule has 4 nitrogen and oxygen atoms in total. The van der Waals surface area contributed by atoms with Gasteiger partial charge in [0.25, 0.3) is 5.91 Å². The van der Waals surface area contributed by atoms with Gasteiger partial charge in [-0.1, -0.05) is 29.8 Å². The number of nitrogens with one attached hydrogen (secondary N) is 1. The van der Waals surface area contributed by atoms with Gasteiger partial charge in [-0.3, -0.25) is 4.79 Å². The molecule has 0 radical (unpaired) electrons. The van der Waals surface area contributed by atoms with Crippen LogP contribution in [0.15, 0.2) is 47.1 Å². The fourth-order valence-electron chi connectivity index (χ4n) is 1.86. The lowest BCUT2D eigenvalue weighted by Crippen LogP contribution is -2.86. The van der Waals surface area contributed by atoms with Crippen LogP contribution in [0.5, 0.6) is 0 Å². The van der Waals surface area contributed by atoms with Crippen molar-refractivity contribution in [1.29, 1.82) is 0 Å². The molecule has 0 aliphatic heterocycles. The van der Waals surface area contributed by atoms with Crippen LogP contribution in [0.4, 0.5) is 0 Å². The molecular formula is C15H18ClN2O2+. The summed E-state index contributed by atoms with van der Waals surface area (Å²) in [7, 11) is 0. The van der Waals surface area contributed by atoms with Crippen molar-refractivity contribution in [3.63, 3.8) is 0 Å². The molecule has 0 saturated heterocycles. The van der Waals surface area contributed by atoms with E-state index in [1.54, 1.807) is 6.26 Å². The normalized spacial score (nSPS) is 12.1. The molecular weight excluding hydrogens is 276 g/mol. The Kier molecular flexibility index (Phi) is 5.21. The van der Waals surface area contributed by atoms with E-state index in [4.69, 9.17) is 16.0 Å². The molecule has 0 unspecified atom stereocenters. The second-order valence-electron chi connectivity index (χ2n) is 4.61. The molecule has 2 aromatic rings. The van der Waals surface area contributed by atoms with Gasteiger partial charge in [-0.05, 0) is 30.7 Å². The van der Waals surface area contributed by atoms with Crippen LogP contribution in [0.3, 0.4) is 0 Å². The molecule has 1 aromatic heterocycles. The van der Waals surface area contributed by atoms with Crippen molar-refractivity contribution < 1.29 is 14.5 Å². The summed E-state index contributed by atoms with van der Waals surface area (Å²) in [4.78, 5) is 11.8. The number of quaternary nitrogens is 1. The Bertz CT molecular complexity index is 555. The molecule has 3 N–H and O–H groups in total. The number of hydrogen-bond donors (Lipinski definition) is 2. The lowest BCUT2D eigenvalue weighted by molar-refractivity contribution is -0.684. The monoisotopic (exact) mass is 293 g/mol. The van der Waals surface area contributed by atoms with Crippen LogP contribution in [0.2, 0.25) is 5.02 Å². The molecule has 0 saturated carbocycles. The van der Waals surface area contributed by atoms with E-state index in [0.717, 1.165) is 11.3 Å². The molecule has 0 aliphatic carbocycles. The summed E-state index contributed by atoms with van der Waals surface area (Å²) in [5, 5.41) is 5.45. The molecule has 0 aliphatic rings. The van der Waals surface area contributed by atoms with Gasteiger partial charge in [-0.25, -0.2) is 0 Å². The van der Waals surface area contributed by atoms with Crippen molar-refractivity contribution in [3.8, 4) is 0 Å². The van der Waals surface area contributed by atoms with E-state index in [1.165, 1.54) is 0 Å². The molecule has 0 bridgehead atoms. The van der Waals surface area contributed by atoms with E-state index in [1.807, 2.05) is 48.6 Å². The third kappa shape index (κ3) is 4.11. The fourth-order valence-corrected chi connectivity index (χ4v) is 2.06. The highest BCUT2D eigenvalue weighted by molar-refractivity contribution is 6.31. The average molecular weight is 294 g/mol. The molecule has 2 rings (SSSR count). The zero-order valence-electron chi connectivity index (χ0n) is 11.3. The summed E-state index contributed by atoms with van der Waals surface area (Å²) in [6.07, 6.45) is 1.64. The first kappa shape index (κ1) is 14.6. The van der Waals surface area contributed by atoms with Gasteiger partial charge in [0.05, 0.1) is 6.26 Å². The summed E-state index contributed by atoms with van der Waals surface area (Å²) in [6.45, 7) is 2.80. The standard InChI is InChI=1S/C15H17ClN2O2/c1-11(14-7-4-8-20-14)17-10-15(19)18-9-12-5-2-3-6-13(12)16/h2-8,11,17H,9-10H2,1H3,(H,18,19)/p+1/t11-/m1/s1. The first-order chi connectivity index (χ1) is 9.66. The minimum atomic E-state index is -0.0247. The molecule has 106 valence electrons. The molecule has 0 fully saturated rings. The van der Waals surface area contributed by atoms with Crippen molar-refractivity contribution in [2.75, 3.05) is 6.54 Å². The Balaban J connectivity index is 1.75. The van der Waals surface area contributed by atoms with Gasteiger partial charge in [0, 0.05) is 11.6 Å². The maximum absolute atomic E-state index is 11.8. The second-order valence-corrected chi connectivity index (χ2v) is 5.02. The predicted molar refractivity (Wildman–Crippen MR) is 77.2 cm³/mol. The maximum Gasteiger partial charge on any atom is 0.275 e. The molecule has 0 spiro atoms. The number of halogens is 1. The quantitative estimate of drug-likeness (QED) is 0.854. The van der Waals surface area contributed by atoms with Crippen LogP contribution < -0.4 is 10.6 Å². The zero-order valence-corrected chi connectivity index (χ0v) is 12.1. The van der Waals surface area contributed by atoms with Gasteiger partial charge in [-0.15, -0.1) is 0 Å². The highest BCUT2D eigenvalue weighted by Crippen LogP contribution is 2.14. The fraction of sp³-hybridized carbons (Fsp3) is 0.267. The average Bonchev–Trinajstić information content (AvgIpc) is 2.98. The Hall–Kier alpha value is -1.78. The van der Waals surface area contributed by atoms with E-state index in [2.05, 4.69) is 5.32 Å². The van der Waals surface area contributed by atoms with Crippen LogP contribution in [0.25, 0.3) is 0 Å². The Morgan fingerprint density at radius 3 is 2.85 bits per heavy atom. The molecule has 1 atom stereocenters. The van der Waals surface area contributed by atoms with Crippen molar-refractivity contribution in [2.24, 2.45) is 0 Å². The van der Waals surface area contributed by atoms with E-state index in [0.29, 0.717) is 18.1 Å². The van der Waals surface area contributed by atoms with Crippen molar-refractivity contribution >= 4 is 17.5 Å². The number of nitrogens with two attached hydrogens (primary N) is 1. The lowest BCUT2D eigenvalue weighted by Gasteiger charge is -2.09. The minimum absolute atomic E-state index is 0.0247. The van der Waals surface area contributed by atoms with Gasteiger partial charge in [0.2, 0.25) is 0 Å². The van der Waals surface area contributed by atoms with E-state index in [-0.39, 0.29) is 11.9 Å². The van der Waals surface area contributed by atoms with Crippen molar-refractivity contribution in [3.05, 3.63) is 59.0 Å². The Labute approximate surface area is 123 Å². The SMILES string of the molecule is C[C@@H]([NH2+]CC(=O)NCc1ccccc1Cl)c1ccco1. The first-order valence-corrected chi connectivity index (χ1v) is 6.91. The van der Waals surface area contributed by atoms with Gasteiger partial charge < -0.3 is 15.1 Å². The van der Waals surface area contributed by atoms with E-state index in [9.17, 15) is 4.79 Å². The van der Waals surface area contributed by atoms with Crippen LogP contribution in [0.1, 0.15) is 24.3 Å². The van der Waals surface area contributed by atoms with Crippen molar-refractivity contribution in [1.82, 2.24) is 5.32 Å². The Morgan fingerprint density at radius 1 is 1.35 bits per heavy atom. The highest BCUT2D eigenvalue weighted by Gasteiger charge is 2.13. The third-order valence-corrected chi connectivity index (χ3v) is 3.45. The van der Waals surface area contributed by atoms with Crippen LogP contribution >= 0.6 is 11.6 Å². The number of hydrogen-bond acceptors (Lipinski definition) is 2. The Morgan fingerprint density at radius 2 is 2.15 bits per heavy atom. The number of benzene rings is 1. The zero-order chi connectivity index (χ0) is 14.4.